The van der Waals surface area contributed by atoms with Crippen molar-refractivity contribution < 1.29 is 9.47 Å². The highest BCUT2D eigenvalue weighted by molar-refractivity contribution is 7.80. The van der Waals surface area contributed by atoms with Crippen LogP contribution in [0.25, 0.3) is 0 Å². The van der Waals surface area contributed by atoms with E-state index in [9.17, 15) is 0 Å². The van der Waals surface area contributed by atoms with Gasteiger partial charge in [-0.15, -0.1) is 0 Å². The van der Waals surface area contributed by atoms with Crippen LogP contribution in [0.15, 0.2) is 18.2 Å². The third-order valence-corrected chi connectivity index (χ3v) is 8.16. The number of piperazine rings is 1. The van der Waals surface area contributed by atoms with Gasteiger partial charge in [-0.3, -0.25) is 4.90 Å². The van der Waals surface area contributed by atoms with E-state index in [1.54, 1.807) is 14.2 Å². The molecule has 0 amide bonds. The first-order valence-electron chi connectivity index (χ1n) is 11.2. The Kier molecular flexibility index (Phi) is 5.33. The van der Waals surface area contributed by atoms with Gasteiger partial charge in [0.1, 0.15) is 11.5 Å². The molecule has 4 bridgehead atoms. The average molecular weight is 416 g/mol. The number of thiocarbonyl (C=S) groups is 1. The number of benzene rings is 1. The maximum Gasteiger partial charge on any atom is 0.173 e. The summed E-state index contributed by atoms with van der Waals surface area (Å²) in [4.78, 5) is 5.12. The third kappa shape index (κ3) is 3.81. The molecule has 1 aromatic rings. The molecule has 1 heterocycles. The molecule has 158 valence electrons. The molecule has 5 fully saturated rings. The van der Waals surface area contributed by atoms with Gasteiger partial charge >= 0.3 is 0 Å². The van der Waals surface area contributed by atoms with Crippen LogP contribution in [0.3, 0.4) is 0 Å². The van der Waals surface area contributed by atoms with E-state index in [4.69, 9.17) is 21.7 Å². The molecule has 1 aromatic carbocycles. The molecule has 0 atom stereocenters. The Hall–Kier alpha value is -1.53. The number of nitrogens with one attached hydrogen (secondary N) is 1. The molecule has 0 unspecified atom stereocenters. The normalized spacial score (nSPS) is 33.6. The van der Waals surface area contributed by atoms with Gasteiger partial charge in [-0.05, 0) is 68.0 Å². The molecule has 5 aliphatic rings. The average Bonchev–Trinajstić information content (AvgIpc) is 2.73. The Balaban J connectivity index is 1.18. The summed E-state index contributed by atoms with van der Waals surface area (Å²) >= 11 is 5.73. The second kappa shape index (κ2) is 7.95. The highest BCUT2D eigenvalue weighted by atomic mass is 32.1. The first kappa shape index (κ1) is 19.4. The monoisotopic (exact) mass is 415 g/mol. The molecule has 4 aliphatic carbocycles. The van der Waals surface area contributed by atoms with Crippen molar-refractivity contribution in [1.82, 2.24) is 9.80 Å². The smallest absolute Gasteiger partial charge is 0.173 e. The molecule has 29 heavy (non-hydrogen) atoms. The second-order valence-electron chi connectivity index (χ2n) is 9.48. The molecule has 0 spiro atoms. The number of ether oxygens (including phenoxy) is 2. The number of rotatable bonds is 4. The third-order valence-electron chi connectivity index (χ3n) is 7.80. The summed E-state index contributed by atoms with van der Waals surface area (Å²) in [5.74, 6) is 5.56. The zero-order chi connectivity index (χ0) is 20.0. The van der Waals surface area contributed by atoms with Gasteiger partial charge in [0.25, 0.3) is 0 Å². The highest BCUT2D eigenvalue weighted by Gasteiger charge is 2.50. The summed E-state index contributed by atoms with van der Waals surface area (Å²) in [6, 6.07) is 6.63. The van der Waals surface area contributed by atoms with Crippen molar-refractivity contribution in [3.8, 4) is 11.5 Å². The molecule has 1 aliphatic heterocycles. The minimum Gasteiger partial charge on any atom is -0.497 e. The van der Waals surface area contributed by atoms with E-state index in [1.165, 1.54) is 32.1 Å². The zero-order valence-electron chi connectivity index (χ0n) is 17.6. The summed E-state index contributed by atoms with van der Waals surface area (Å²) in [7, 11) is 3.33. The lowest BCUT2D eigenvalue weighted by Gasteiger charge is -2.58. The van der Waals surface area contributed by atoms with E-state index in [0.717, 1.165) is 78.2 Å². The predicted molar refractivity (Wildman–Crippen MR) is 120 cm³/mol. The van der Waals surface area contributed by atoms with Gasteiger partial charge in [0.15, 0.2) is 5.11 Å². The van der Waals surface area contributed by atoms with E-state index in [1.807, 2.05) is 18.2 Å². The van der Waals surface area contributed by atoms with E-state index >= 15 is 0 Å². The molecule has 6 heteroatoms. The van der Waals surface area contributed by atoms with Crippen LogP contribution in [-0.2, 0) is 0 Å². The Bertz CT molecular complexity index is 712. The lowest BCUT2D eigenvalue weighted by Crippen LogP contribution is -2.60. The molecule has 1 saturated heterocycles. The van der Waals surface area contributed by atoms with Crippen LogP contribution in [0.1, 0.15) is 32.1 Å². The Morgan fingerprint density at radius 2 is 1.41 bits per heavy atom. The van der Waals surface area contributed by atoms with E-state index < -0.39 is 0 Å². The first-order chi connectivity index (χ1) is 14.1. The van der Waals surface area contributed by atoms with Crippen LogP contribution < -0.4 is 14.8 Å². The molecular weight excluding hydrogens is 382 g/mol. The van der Waals surface area contributed by atoms with Crippen molar-refractivity contribution in [2.45, 2.75) is 38.1 Å². The fraction of sp³-hybridized carbons (Fsp3) is 0.696. The van der Waals surface area contributed by atoms with Crippen molar-refractivity contribution >= 4 is 23.0 Å². The van der Waals surface area contributed by atoms with E-state index in [0.29, 0.717) is 0 Å². The van der Waals surface area contributed by atoms with Crippen LogP contribution in [-0.4, -0.2) is 61.4 Å². The lowest BCUT2D eigenvalue weighted by molar-refractivity contribution is -0.0726. The summed E-state index contributed by atoms with van der Waals surface area (Å²) < 4.78 is 10.7. The van der Waals surface area contributed by atoms with Crippen molar-refractivity contribution in [1.29, 1.82) is 0 Å². The predicted octanol–water partition coefficient (Wildman–Crippen LogP) is 3.84. The SMILES string of the molecule is COc1cc(NC(=S)N2CCN(C3C4CC5CC(C4)CC3C5)CC2)cc(OC)c1. The number of methoxy groups -OCH3 is 2. The zero-order valence-corrected chi connectivity index (χ0v) is 18.4. The standard InChI is InChI=1S/C23H33N3O2S/c1-27-20-12-19(13-21(14-20)28-2)24-23(29)26-5-3-25(4-6-26)22-17-8-15-7-16(10-17)11-18(22)9-15/h12-18,22H,3-11H2,1-2H3,(H,24,29). The molecule has 5 nitrogen and oxygen atoms in total. The van der Waals surface area contributed by atoms with Crippen molar-refractivity contribution in [3.63, 3.8) is 0 Å². The van der Waals surface area contributed by atoms with Crippen LogP contribution >= 0.6 is 12.2 Å². The fourth-order valence-electron chi connectivity index (χ4n) is 6.80. The number of anilines is 1. The van der Waals surface area contributed by atoms with Crippen molar-refractivity contribution in [2.24, 2.45) is 23.7 Å². The Labute approximate surface area is 179 Å². The lowest BCUT2D eigenvalue weighted by atomic mass is 9.54. The van der Waals surface area contributed by atoms with Crippen molar-refractivity contribution in [3.05, 3.63) is 18.2 Å². The molecule has 1 N–H and O–H groups in total. The van der Waals surface area contributed by atoms with E-state index in [2.05, 4.69) is 15.1 Å². The summed E-state index contributed by atoms with van der Waals surface area (Å²) in [6.45, 7) is 4.29. The van der Waals surface area contributed by atoms with Gasteiger partial charge in [-0.25, -0.2) is 0 Å². The first-order valence-corrected chi connectivity index (χ1v) is 11.6. The van der Waals surface area contributed by atoms with E-state index in [-0.39, 0.29) is 0 Å². The summed E-state index contributed by atoms with van der Waals surface area (Å²) in [6.07, 6.45) is 7.51. The van der Waals surface area contributed by atoms with Crippen LogP contribution in [0, 0.1) is 23.7 Å². The molecular formula is C23H33N3O2S. The maximum absolute atomic E-state index is 5.73. The van der Waals surface area contributed by atoms with Gasteiger partial charge in [0.2, 0.25) is 0 Å². The van der Waals surface area contributed by atoms with Crippen LogP contribution in [0.4, 0.5) is 5.69 Å². The molecule has 6 rings (SSSR count). The summed E-state index contributed by atoms with van der Waals surface area (Å²) in [5, 5.41) is 4.18. The van der Waals surface area contributed by atoms with Crippen LogP contribution in [0.2, 0.25) is 0 Å². The fourth-order valence-corrected chi connectivity index (χ4v) is 7.10. The molecule has 4 saturated carbocycles. The van der Waals surface area contributed by atoms with Crippen LogP contribution in [0.5, 0.6) is 11.5 Å². The Morgan fingerprint density at radius 3 is 1.93 bits per heavy atom. The van der Waals surface area contributed by atoms with Gasteiger partial charge in [0, 0.05) is 56.1 Å². The number of hydrogen-bond acceptors (Lipinski definition) is 4. The van der Waals surface area contributed by atoms with Gasteiger partial charge < -0.3 is 19.7 Å². The topological polar surface area (TPSA) is 37.0 Å². The minimum atomic E-state index is 0.765. The van der Waals surface area contributed by atoms with Gasteiger partial charge in [-0.1, -0.05) is 0 Å². The Morgan fingerprint density at radius 1 is 0.862 bits per heavy atom. The van der Waals surface area contributed by atoms with Gasteiger partial charge in [-0.2, -0.15) is 0 Å². The highest BCUT2D eigenvalue weighted by Crippen LogP contribution is 2.55. The largest absolute Gasteiger partial charge is 0.497 e. The van der Waals surface area contributed by atoms with Gasteiger partial charge in [0.05, 0.1) is 14.2 Å². The quantitative estimate of drug-likeness (QED) is 0.753. The maximum atomic E-state index is 5.73. The number of hydrogen-bond donors (Lipinski definition) is 1. The van der Waals surface area contributed by atoms with Crippen molar-refractivity contribution in [2.75, 3.05) is 45.7 Å². The summed E-state index contributed by atoms with van der Waals surface area (Å²) in [5.41, 5.74) is 0.912. The second-order valence-corrected chi connectivity index (χ2v) is 9.86. The minimum absolute atomic E-state index is 0.765. The number of nitrogens with zero attached hydrogens (tertiary/aromatic N) is 2. The molecule has 0 aromatic heterocycles. The molecule has 0 radical (unpaired) electrons.